The summed E-state index contributed by atoms with van der Waals surface area (Å²) in [7, 11) is 0. The van der Waals surface area contributed by atoms with Gasteiger partial charge in [-0.2, -0.15) is 0 Å². The first-order chi connectivity index (χ1) is 5.77. The average molecular weight is 173 g/mol. The first-order valence-corrected chi connectivity index (χ1v) is 4.76. The lowest BCUT2D eigenvalue weighted by Gasteiger charge is -2.21. The Morgan fingerprint density at radius 1 is 1.67 bits per heavy atom. The van der Waals surface area contributed by atoms with Gasteiger partial charge in [-0.3, -0.25) is 0 Å². The summed E-state index contributed by atoms with van der Waals surface area (Å²) in [5, 5.41) is 12.4. The molecule has 0 aromatic rings. The molecule has 0 bridgehead atoms. The topological polar surface area (TPSA) is 41.5 Å². The Hall–Kier alpha value is -0.120. The molecule has 1 heterocycles. The molecule has 12 heavy (non-hydrogen) atoms. The summed E-state index contributed by atoms with van der Waals surface area (Å²) in [4.78, 5) is 0. The Morgan fingerprint density at radius 3 is 2.83 bits per heavy atom. The number of aliphatic hydroxyl groups excluding tert-OH is 1. The van der Waals surface area contributed by atoms with E-state index in [4.69, 9.17) is 9.84 Å². The van der Waals surface area contributed by atoms with Gasteiger partial charge < -0.3 is 15.2 Å². The second kappa shape index (κ2) is 4.80. The van der Waals surface area contributed by atoms with Crippen molar-refractivity contribution in [2.45, 2.75) is 44.9 Å². The summed E-state index contributed by atoms with van der Waals surface area (Å²) >= 11 is 0. The van der Waals surface area contributed by atoms with Gasteiger partial charge in [0.05, 0.1) is 12.7 Å². The molecule has 1 aliphatic heterocycles. The minimum atomic E-state index is 0.222. The molecule has 3 atom stereocenters. The van der Waals surface area contributed by atoms with Crippen LogP contribution in [-0.4, -0.2) is 36.5 Å². The number of rotatable bonds is 4. The van der Waals surface area contributed by atoms with Crippen LogP contribution >= 0.6 is 0 Å². The SMILES string of the molecule is CCC(CO)NC1CCOC1C. The van der Waals surface area contributed by atoms with Crippen molar-refractivity contribution in [3.05, 3.63) is 0 Å². The van der Waals surface area contributed by atoms with Crippen molar-refractivity contribution in [1.82, 2.24) is 5.32 Å². The zero-order chi connectivity index (χ0) is 8.97. The lowest BCUT2D eigenvalue weighted by molar-refractivity contribution is 0.107. The van der Waals surface area contributed by atoms with Crippen molar-refractivity contribution in [3.8, 4) is 0 Å². The minimum absolute atomic E-state index is 0.222. The Labute approximate surface area is 74.1 Å². The maximum atomic E-state index is 8.97. The van der Waals surface area contributed by atoms with E-state index in [0.29, 0.717) is 12.1 Å². The van der Waals surface area contributed by atoms with Gasteiger partial charge in [0.15, 0.2) is 0 Å². The van der Waals surface area contributed by atoms with E-state index in [9.17, 15) is 0 Å². The van der Waals surface area contributed by atoms with Gasteiger partial charge in [0, 0.05) is 18.7 Å². The number of hydrogen-bond acceptors (Lipinski definition) is 3. The molecule has 0 amide bonds. The highest BCUT2D eigenvalue weighted by Gasteiger charge is 2.25. The zero-order valence-corrected chi connectivity index (χ0v) is 7.92. The van der Waals surface area contributed by atoms with Crippen molar-refractivity contribution < 1.29 is 9.84 Å². The Morgan fingerprint density at radius 2 is 2.42 bits per heavy atom. The van der Waals surface area contributed by atoms with Crippen LogP contribution in [0, 0.1) is 0 Å². The molecule has 3 unspecified atom stereocenters. The molecule has 1 rings (SSSR count). The lowest BCUT2D eigenvalue weighted by Crippen LogP contribution is -2.43. The van der Waals surface area contributed by atoms with Gasteiger partial charge >= 0.3 is 0 Å². The molecule has 0 radical (unpaired) electrons. The lowest BCUT2D eigenvalue weighted by atomic mass is 10.1. The Bertz CT molecular complexity index is 126. The second-order valence-corrected chi connectivity index (χ2v) is 3.43. The fourth-order valence-electron chi connectivity index (χ4n) is 1.55. The highest BCUT2D eigenvalue weighted by molar-refractivity contribution is 4.82. The highest BCUT2D eigenvalue weighted by Crippen LogP contribution is 2.13. The quantitative estimate of drug-likeness (QED) is 0.651. The highest BCUT2D eigenvalue weighted by atomic mass is 16.5. The van der Waals surface area contributed by atoms with Crippen LogP contribution in [0.25, 0.3) is 0 Å². The van der Waals surface area contributed by atoms with Gasteiger partial charge in [-0.1, -0.05) is 6.92 Å². The summed E-state index contributed by atoms with van der Waals surface area (Å²) in [6.45, 7) is 5.23. The molecule has 1 aliphatic rings. The van der Waals surface area contributed by atoms with Crippen molar-refractivity contribution in [1.29, 1.82) is 0 Å². The normalized spacial score (nSPS) is 32.2. The predicted molar refractivity (Wildman–Crippen MR) is 48.1 cm³/mol. The number of ether oxygens (including phenoxy) is 1. The molecule has 0 aromatic heterocycles. The van der Waals surface area contributed by atoms with Crippen molar-refractivity contribution in [2.24, 2.45) is 0 Å². The van der Waals surface area contributed by atoms with Crippen molar-refractivity contribution in [3.63, 3.8) is 0 Å². The first-order valence-electron chi connectivity index (χ1n) is 4.76. The monoisotopic (exact) mass is 173 g/mol. The molecule has 0 aromatic carbocycles. The minimum Gasteiger partial charge on any atom is -0.395 e. The summed E-state index contributed by atoms with van der Waals surface area (Å²) in [5.74, 6) is 0. The summed E-state index contributed by atoms with van der Waals surface area (Å²) in [5.41, 5.74) is 0. The van der Waals surface area contributed by atoms with Crippen LogP contribution in [0.2, 0.25) is 0 Å². The molecule has 3 nitrogen and oxygen atoms in total. The van der Waals surface area contributed by atoms with E-state index in [0.717, 1.165) is 19.4 Å². The fraction of sp³-hybridized carbons (Fsp3) is 1.00. The molecule has 0 aliphatic carbocycles. The van der Waals surface area contributed by atoms with E-state index in [-0.39, 0.29) is 12.6 Å². The summed E-state index contributed by atoms with van der Waals surface area (Å²) < 4.78 is 5.41. The second-order valence-electron chi connectivity index (χ2n) is 3.43. The fourth-order valence-corrected chi connectivity index (χ4v) is 1.55. The predicted octanol–water partition coefficient (Wildman–Crippen LogP) is 0.524. The van der Waals surface area contributed by atoms with E-state index in [2.05, 4.69) is 19.2 Å². The van der Waals surface area contributed by atoms with E-state index < -0.39 is 0 Å². The molecule has 2 N–H and O–H groups in total. The maximum Gasteiger partial charge on any atom is 0.0700 e. The van der Waals surface area contributed by atoms with Gasteiger partial charge in [-0.15, -0.1) is 0 Å². The average Bonchev–Trinajstić information content (AvgIpc) is 2.47. The molecular weight excluding hydrogens is 154 g/mol. The van der Waals surface area contributed by atoms with E-state index >= 15 is 0 Å². The largest absolute Gasteiger partial charge is 0.395 e. The van der Waals surface area contributed by atoms with E-state index in [1.807, 2.05) is 0 Å². The van der Waals surface area contributed by atoms with Crippen LogP contribution in [-0.2, 0) is 4.74 Å². The Kier molecular flexibility index (Phi) is 3.98. The van der Waals surface area contributed by atoms with Crippen LogP contribution in [0.4, 0.5) is 0 Å². The van der Waals surface area contributed by atoms with Gasteiger partial charge in [0.1, 0.15) is 0 Å². The van der Waals surface area contributed by atoms with Gasteiger partial charge in [0.2, 0.25) is 0 Å². The van der Waals surface area contributed by atoms with Crippen LogP contribution in [0.1, 0.15) is 26.7 Å². The smallest absolute Gasteiger partial charge is 0.0700 e. The third kappa shape index (κ3) is 2.44. The summed E-state index contributed by atoms with van der Waals surface area (Å²) in [6, 6.07) is 0.668. The molecule has 72 valence electrons. The third-order valence-electron chi connectivity index (χ3n) is 2.54. The standard InChI is InChI=1S/C9H19NO2/c1-3-8(6-11)10-9-4-5-12-7(9)2/h7-11H,3-6H2,1-2H3. The van der Waals surface area contributed by atoms with Crippen LogP contribution in [0.5, 0.6) is 0 Å². The zero-order valence-electron chi connectivity index (χ0n) is 7.92. The molecule has 0 spiro atoms. The third-order valence-corrected chi connectivity index (χ3v) is 2.54. The van der Waals surface area contributed by atoms with Gasteiger partial charge in [-0.25, -0.2) is 0 Å². The van der Waals surface area contributed by atoms with Gasteiger partial charge in [0.25, 0.3) is 0 Å². The van der Waals surface area contributed by atoms with E-state index in [1.165, 1.54) is 0 Å². The molecule has 1 saturated heterocycles. The molecule has 0 saturated carbocycles. The van der Waals surface area contributed by atoms with Crippen LogP contribution in [0.15, 0.2) is 0 Å². The first kappa shape index (κ1) is 9.96. The number of nitrogens with one attached hydrogen (secondary N) is 1. The summed E-state index contributed by atoms with van der Waals surface area (Å²) in [6.07, 6.45) is 2.34. The molecule has 1 fully saturated rings. The molecule has 3 heteroatoms. The van der Waals surface area contributed by atoms with Gasteiger partial charge in [-0.05, 0) is 19.8 Å². The number of hydrogen-bond donors (Lipinski definition) is 2. The van der Waals surface area contributed by atoms with Crippen molar-refractivity contribution in [2.75, 3.05) is 13.2 Å². The number of aliphatic hydroxyl groups is 1. The maximum absolute atomic E-state index is 8.97. The van der Waals surface area contributed by atoms with Crippen LogP contribution < -0.4 is 5.32 Å². The molecular formula is C9H19NO2. The van der Waals surface area contributed by atoms with E-state index in [1.54, 1.807) is 0 Å². The van der Waals surface area contributed by atoms with Crippen molar-refractivity contribution >= 4 is 0 Å². The van der Waals surface area contributed by atoms with Crippen LogP contribution in [0.3, 0.4) is 0 Å². The Balaban J connectivity index is 2.28.